The van der Waals surface area contributed by atoms with Gasteiger partial charge in [0.05, 0.1) is 16.8 Å². The average molecular weight is 482 g/mol. The summed E-state index contributed by atoms with van der Waals surface area (Å²) in [5.41, 5.74) is 3.78. The van der Waals surface area contributed by atoms with E-state index in [9.17, 15) is 10.1 Å². The fourth-order valence-corrected chi connectivity index (χ4v) is 4.42. The number of rotatable bonds is 7. The average Bonchev–Trinajstić information content (AvgIpc) is 3.67. The molecule has 1 amide bonds. The van der Waals surface area contributed by atoms with Crippen LogP contribution < -0.4 is 10.1 Å². The molecule has 0 saturated heterocycles. The minimum atomic E-state index is -0.453. The van der Waals surface area contributed by atoms with Crippen LogP contribution in [0.4, 0.5) is 10.5 Å². The Balaban J connectivity index is 1.47. The van der Waals surface area contributed by atoms with Crippen LogP contribution in [0.2, 0.25) is 0 Å². The van der Waals surface area contributed by atoms with Crippen molar-refractivity contribution >= 4 is 22.7 Å². The lowest BCUT2D eigenvalue weighted by atomic mass is 10.1. The predicted octanol–water partition coefficient (Wildman–Crippen LogP) is 6.69. The third kappa shape index (κ3) is 4.73. The maximum atomic E-state index is 12.2. The first kappa shape index (κ1) is 23.4. The fourth-order valence-electron chi connectivity index (χ4n) is 4.42. The number of nitrogens with zero attached hydrogens (tertiary/aromatic N) is 4. The Labute approximate surface area is 209 Å². The Morgan fingerprint density at radius 3 is 2.47 bits per heavy atom. The van der Waals surface area contributed by atoms with Crippen molar-refractivity contribution < 1.29 is 14.3 Å². The molecule has 5 rings (SSSR count). The van der Waals surface area contributed by atoms with E-state index in [1.165, 1.54) is 0 Å². The van der Waals surface area contributed by atoms with E-state index in [-0.39, 0.29) is 18.2 Å². The van der Waals surface area contributed by atoms with Gasteiger partial charge in [-0.2, -0.15) is 5.26 Å². The predicted molar refractivity (Wildman–Crippen MR) is 137 cm³/mol. The second-order valence-electron chi connectivity index (χ2n) is 9.26. The van der Waals surface area contributed by atoms with Gasteiger partial charge in [-0.15, -0.1) is 0 Å². The molecule has 8 nitrogen and oxygen atoms in total. The molecule has 0 unspecified atom stereocenters. The number of carbonyl (C=O) groups excluding carboxylic acids is 1. The zero-order valence-electron chi connectivity index (χ0n) is 20.4. The topological polar surface area (TPSA) is 102 Å². The Bertz CT molecular complexity index is 1430. The van der Waals surface area contributed by atoms with Gasteiger partial charge in [-0.3, -0.25) is 5.32 Å². The molecule has 36 heavy (non-hydrogen) atoms. The van der Waals surface area contributed by atoms with E-state index >= 15 is 0 Å². The van der Waals surface area contributed by atoms with E-state index in [1.54, 1.807) is 18.5 Å². The number of nitriles is 1. The minimum Gasteiger partial charge on any atom is -0.446 e. The molecule has 2 heterocycles. The monoisotopic (exact) mass is 481 g/mol. The number of carbonyl (C=O) groups is 1. The zero-order chi connectivity index (χ0) is 25.2. The lowest BCUT2D eigenvalue weighted by Gasteiger charge is -2.16. The first-order valence-corrected chi connectivity index (χ1v) is 12.1. The SMILES string of the molecule is CC(C)n1c(-c2ccc(NC(=O)O[C@H](C)C3CC3)cc2)c(C#N)c2ccc(Oc3ncccn3)cc21. The highest BCUT2D eigenvalue weighted by atomic mass is 16.6. The van der Waals surface area contributed by atoms with Crippen molar-refractivity contribution in [3.05, 3.63) is 66.5 Å². The van der Waals surface area contributed by atoms with Crippen molar-refractivity contribution in [1.29, 1.82) is 5.26 Å². The highest BCUT2D eigenvalue weighted by Gasteiger charge is 2.30. The molecule has 4 aromatic rings. The number of fused-ring (bicyclic) bond motifs is 1. The van der Waals surface area contributed by atoms with E-state index < -0.39 is 6.09 Å². The van der Waals surface area contributed by atoms with Crippen molar-refractivity contribution in [1.82, 2.24) is 14.5 Å². The number of benzene rings is 2. The van der Waals surface area contributed by atoms with E-state index in [0.29, 0.717) is 22.9 Å². The van der Waals surface area contributed by atoms with Gasteiger partial charge in [0.25, 0.3) is 0 Å². The molecule has 1 aliphatic carbocycles. The summed E-state index contributed by atoms with van der Waals surface area (Å²) in [5.74, 6) is 1.06. The van der Waals surface area contributed by atoms with Crippen molar-refractivity contribution in [2.24, 2.45) is 5.92 Å². The summed E-state index contributed by atoms with van der Waals surface area (Å²) in [7, 11) is 0. The first-order chi connectivity index (χ1) is 17.4. The number of nitrogens with one attached hydrogen (secondary N) is 1. The highest BCUT2D eigenvalue weighted by Crippen LogP contribution is 2.38. The van der Waals surface area contributed by atoms with E-state index in [2.05, 4.69) is 39.8 Å². The summed E-state index contributed by atoms with van der Waals surface area (Å²) in [6.07, 6.45) is 4.94. The van der Waals surface area contributed by atoms with Gasteiger partial charge < -0.3 is 14.0 Å². The van der Waals surface area contributed by atoms with Crippen molar-refractivity contribution in [3.63, 3.8) is 0 Å². The summed E-state index contributed by atoms with van der Waals surface area (Å²) in [4.78, 5) is 20.5. The Morgan fingerprint density at radius 1 is 1.11 bits per heavy atom. The van der Waals surface area contributed by atoms with Crippen LogP contribution in [-0.4, -0.2) is 26.7 Å². The molecule has 8 heteroatoms. The van der Waals surface area contributed by atoms with Gasteiger partial charge in [-0.25, -0.2) is 14.8 Å². The van der Waals surface area contributed by atoms with Gasteiger partial charge >= 0.3 is 12.1 Å². The summed E-state index contributed by atoms with van der Waals surface area (Å²) in [6, 6.07) is 17.5. The molecular weight excluding hydrogens is 454 g/mol. The van der Waals surface area contributed by atoms with Crippen LogP contribution in [0.3, 0.4) is 0 Å². The number of amides is 1. The lowest BCUT2D eigenvalue weighted by molar-refractivity contribution is 0.108. The molecule has 1 aliphatic rings. The Morgan fingerprint density at radius 2 is 1.83 bits per heavy atom. The molecule has 0 spiro atoms. The first-order valence-electron chi connectivity index (χ1n) is 12.1. The molecule has 1 saturated carbocycles. The van der Waals surface area contributed by atoms with Gasteiger partial charge in [-0.05, 0) is 75.4 Å². The molecule has 0 aliphatic heterocycles. The summed E-state index contributed by atoms with van der Waals surface area (Å²) in [6.45, 7) is 6.08. The lowest BCUT2D eigenvalue weighted by Crippen LogP contribution is -2.21. The highest BCUT2D eigenvalue weighted by molar-refractivity contribution is 5.96. The Hall–Kier alpha value is -4.38. The summed E-state index contributed by atoms with van der Waals surface area (Å²) in [5, 5.41) is 13.7. The van der Waals surface area contributed by atoms with Crippen LogP contribution in [0, 0.1) is 17.2 Å². The molecule has 0 bridgehead atoms. The smallest absolute Gasteiger partial charge is 0.411 e. The molecule has 1 fully saturated rings. The molecule has 1 atom stereocenters. The normalized spacial score (nSPS) is 13.9. The van der Waals surface area contributed by atoms with Crippen LogP contribution >= 0.6 is 0 Å². The van der Waals surface area contributed by atoms with Crippen molar-refractivity contribution in [3.8, 4) is 29.1 Å². The number of aromatic nitrogens is 3. The van der Waals surface area contributed by atoms with Gasteiger partial charge in [0, 0.05) is 35.6 Å². The fraction of sp³-hybridized carbons (Fsp3) is 0.286. The maximum absolute atomic E-state index is 12.2. The summed E-state index contributed by atoms with van der Waals surface area (Å²) >= 11 is 0. The maximum Gasteiger partial charge on any atom is 0.411 e. The third-order valence-electron chi connectivity index (χ3n) is 6.34. The van der Waals surface area contributed by atoms with Gasteiger partial charge in [0.15, 0.2) is 0 Å². The summed E-state index contributed by atoms with van der Waals surface area (Å²) < 4.78 is 13.4. The van der Waals surface area contributed by atoms with Crippen molar-refractivity contribution in [2.75, 3.05) is 5.32 Å². The molecule has 182 valence electrons. The van der Waals surface area contributed by atoms with Crippen LogP contribution in [0.15, 0.2) is 60.9 Å². The van der Waals surface area contributed by atoms with E-state index in [0.717, 1.165) is 35.0 Å². The van der Waals surface area contributed by atoms with Crippen LogP contribution in [0.25, 0.3) is 22.2 Å². The second kappa shape index (κ2) is 9.70. The quantitative estimate of drug-likeness (QED) is 0.315. The minimum absolute atomic E-state index is 0.0736. The number of ether oxygens (including phenoxy) is 2. The van der Waals surface area contributed by atoms with Crippen molar-refractivity contribution in [2.45, 2.75) is 45.8 Å². The number of anilines is 1. The van der Waals surface area contributed by atoms with Gasteiger partial charge in [0.1, 0.15) is 17.9 Å². The molecule has 2 aromatic heterocycles. The Kier molecular flexibility index (Phi) is 6.30. The molecule has 0 radical (unpaired) electrons. The van der Waals surface area contributed by atoms with Crippen LogP contribution in [-0.2, 0) is 4.74 Å². The number of hydrogen-bond donors (Lipinski definition) is 1. The number of hydrogen-bond acceptors (Lipinski definition) is 6. The van der Waals surface area contributed by atoms with Gasteiger partial charge in [0.2, 0.25) is 0 Å². The molecule has 2 aromatic carbocycles. The molecule has 1 N–H and O–H groups in total. The molecular formula is C28H27N5O3. The van der Waals surface area contributed by atoms with Crippen LogP contribution in [0.5, 0.6) is 11.8 Å². The van der Waals surface area contributed by atoms with Gasteiger partial charge in [-0.1, -0.05) is 12.1 Å². The van der Waals surface area contributed by atoms with E-state index in [1.807, 2.05) is 49.4 Å². The van der Waals surface area contributed by atoms with E-state index in [4.69, 9.17) is 9.47 Å². The second-order valence-corrected chi connectivity index (χ2v) is 9.26. The standard InChI is InChI=1S/C28H27N5O3/c1-17(2)33-25-15-22(36-27-30-13-4-14-31-27)11-12-23(25)24(16-29)26(33)20-7-9-21(10-8-20)32-28(34)35-18(3)19-5-6-19/h4,7-15,17-19H,5-6H2,1-3H3,(H,32,34)/t18-/m1/s1. The largest absolute Gasteiger partial charge is 0.446 e. The van der Waals surface area contributed by atoms with Crippen LogP contribution in [0.1, 0.15) is 45.2 Å². The third-order valence-corrected chi connectivity index (χ3v) is 6.34. The zero-order valence-corrected chi connectivity index (χ0v) is 20.4.